The highest BCUT2D eigenvalue weighted by Crippen LogP contribution is 2.36. The van der Waals surface area contributed by atoms with Crippen LogP contribution in [0.25, 0.3) is 10.9 Å². The number of ether oxygens (including phenoxy) is 1. The summed E-state index contributed by atoms with van der Waals surface area (Å²) in [6.07, 6.45) is 5.52. The molecule has 2 aromatic carbocycles. The summed E-state index contributed by atoms with van der Waals surface area (Å²) >= 11 is 1.30. The van der Waals surface area contributed by atoms with Gasteiger partial charge >= 0.3 is 0 Å². The lowest BCUT2D eigenvalue weighted by molar-refractivity contribution is -0.132. The van der Waals surface area contributed by atoms with E-state index in [1.54, 1.807) is 18.7 Å². The molecule has 1 fully saturated rings. The molecule has 0 spiro atoms. The molecule has 2 unspecified atom stereocenters. The number of piperidine rings is 1. The van der Waals surface area contributed by atoms with Gasteiger partial charge in [-0.15, -0.1) is 11.3 Å². The van der Waals surface area contributed by atoms with Crippen LogP contribution >= 0.6 is 11.3 Å². The first-order valence-corrected chi connectivity index (χ1v) is 15.2. The Kier molecular flexibility index (Phi) is 9.49. The van der Waals surface area contributed by atoms with Gasteiger partial charge < -0.3 is 25.3 Å². The fourth-order valence-corrected chi connectivity index (χ4v) is 6.56. The van der Waals surface area contributed by atoms with Crippen molar-refractivity contribution in [3.63, 3.8) is 0 Å². The van der Waals surface area contributed by atoms with Crippen LogP contribution in [0.3, 0.4) is 0 Å². The zero-order chi connectivity index (χ0) is 28.8. The van der Waals surface area contributed by atoms with E-state index in [0.717, 1.165) is 51.1 Å². The Bertz CT molecular complexity index is 1460. The van der Waals surface area contributed by atoms with Crippen LogP contribution in [0.1, 0.15) is 58.2 Å². The molecule has 2 amide bonds. The molecule has 5 rings (SSSR count). The predicted octanol–water partition coefficient (Wildman–Crippen LogP) is 5.36. The van der Waals surface area contributed by atoms with Gasteiger partial charge in [0.15, 0.2) is 5.01 Å². The van der Waals surface area contributed by atoms with Gasteiger partial charge in [-0.3, -0.25) is 9.59 Å². The molecule has 4 aromatic rings. The number of carbonyl (C=O) groups excluding carboxylic acids is 2. The number of thiazole rings is 1. The topological polar surface area (TPSA) is 102 Å². The van der Waals surface area contributed by atoms with Crippen molar-refractivity contribution in [3.8, 4) is 0 Å². The average Bonchev–Trinajstić information content (AvgIpc) is 3.62. The third-order valence-corrected chi connectivity index (χ3v) is 8.71. The molecule has 9 heteroatoms. The van der Waals surface area contributed by atoms with Crippen LogP contribution in [-0.4, -0.2) is 59.1 Å². The second kappa shape index (κ2) is 13.4. The number of hydrogen-bond acceptors (Lipinski definition) is 6. The minimum absolute atomic E-state index is 0.120. The standard InChI is InChI=1S/C32H39N5O3S/c1-22-27-8-3-4-9-28(27)37(16-6-17-40-2)30(22)24-7-5-15-36(21-24)29(38)20-25(33)19-23-10-12-26(13-11-23)35-31(39)32-34-14-18-41-32/h3-4,8-14,18,24-25H,5-7,15-17,19-21,33H2,1-2H3,(H,35,39). The van der Waals surface area contributed by atoms with Crippen LogP contribution < -0.4 is 11.1 Å². The van der Waals surface area contributed by atoms with Gasteiger partial charge in [0.2, 0.25) is 5.91 Å². The van der Waals surface area contributed by atoms with Crippen molar-refractivity contribution in [2.45, 2.75) is 57.5 Å². The molecule has 1 aliphatic rings. The third kappa shape index (κ3) is 6.86. The number of carbonyl (C=O) groups is 2. The molecule has 0 saturated carbocycles. The number of aryl methyl sites for hydroxylation is 2. The summed E-state index contributed by atoms with van der Waals surface area (Å²) in [5, 5.41) is 6.35. The number of fused-ring (bicyclic) bond motifs is 1. The van der Waals surface area contributed by atoms with E-state index < -0.39 is 0 Å². The molecule has 1 saturated heterocycles. The fourth-order valence-electron chi connectivity index (χ4n) is 6.03. The summed E-state index contributed by atoms with van der Waals surface area (Å²) in [5.41, 5.74) is 12.1. The van der Waals surface area contributed by atoms with Gasteiger partial charge in [-0.1, -0.05) is 30.3 Å². The predicted molar refractivity (Wildman–Crippen MR) is 165 cm³/mol. The van der Waals surface area contributed by atoms with Crippen molar-refractivity contribution < 1.29 is 14.3 Å². The number of aromatic nitrogens is 2. The summed E-state index contributed by atoms with van der Waals surface area (Å²) < 4.78 is 7.79. The number of nitrogens with two attached hydrogens (primary N) is 1. The van der Waals surface area contributed by atoms with Gasteiger partial charge in [-0.25, -0.2) is 4.98 Å². The molecule has 8 nitrogen and oxygen atoms in total. The van der Waals surface area contributed by atoms with Gasteiger partial charge in [0.25, 0.3) is 5.91 Å². The van der Waals surface area contributed by atoms with Gasteiger partial charge in [0.05, 0.1) is 0 Å². The SMILES string of the molecule is COCCCn1c(C2CCCN(C(=O)CC(N)Cc3ccc(NC(=O)c4nccs4)cc3)C2)c(C)c2ccccc21. The minimum Gasteiger partial charge on any atom is -0.385 e. The highest BCUT2D eigenvalue weighted by molar-refractivity contribution is 7.11. The number of hydrogen-bond donors (Lipinski definition) is 2. The number of nitrogens with zero attached hydrogens (tertiary/aromatic N) is 3. The Balaban J connectivity index is 1.20. The van der Waals surface area contributed by atoms with Gasteiger partial charge in [0, 0.05) is 85.6 Å². The second-order valence-corrected chi connectivity index (χ2v) is 11.8. The molecule has 3 N–H and O–H groups in total. The van der Waals surface area contributed by atoms with Crippen molar-refractivity contribution in [2.24, 2.45) is 5.73 Å². The van der Waals surface area contributed by atoms with E-state index in [-0.39, 0.29) is 17.9 Å². The van der Waals surface area contributed by atoms with E-state index >= 15 is 0 Å². The first-order valence-electron chi connectivity index (χ1n) is 14.3. The van der Waals surface area contributed by atoms with Crippen LogP contribution in [0.5, 0.6) is 0 Å². The number of amides is 2. The summed E-state index contributed by atoms with van der Waals surface area (Å²) in [7, 11) is 1.75. The number of anilines is 1. The first-order chi connectivity index (χ1) is 19.9. The molecular formula is C32H39N5O3S. The van der Waals surface area contributed by atoms with Crippen LogP contribution in [0, 0.1) is 6.92 Å². The fraction of sp³-hybridized carbons (Fsp3) is 0.406. The molecule has 41 heavy (non-hydrogen) atoms. The molecule has 0 bridgehead atoms. The Morgan fingerprint density at radius 3 is 2.76 bits per heavy atom. The largest absolute Gasteiger partial charge is 0.385 e. The lowest BCUT2D eigenvalue weighted by Crippen LogP contribution is -2.42. The first kappa shape index (κ1) is 29.0. The number of benzene rings is 2. The van der Waals surface area contributed by atoms with Crippen molar-refractivity contribution in [1.82, 2.24) is 14.5 Å². The Morgan fingerprint density at radius 1 is 1.20 bits per heavy atom. The molecule has 0 radical (unpaired) electrons. The van der Waals surface area contributed by atoms with Crippen molar-refractivity contribution in [2.75, 3.05) is 32.1 Å². The monoisotopic (exact) mass is 573 g/mol. The van der Waals surface area contributed by atoms with E-state index in [2.05, 4.69) is 46.1 Å². The summed E-state index contributed by atoms with van der Waals surface area (Å²) in [6, 6.07) is 15.9. The number of nitrogens with one attached hydrogen (secondary N) is 1. The Morgan fingerprint density at radius 2 is 2.00 bits per heavy atom. The number of rotatable bonds is 11. The molecule has 2 aromatic heterocycles. The quantitative estimate of drug-likeness (QED) is 0.235. The molecule has 2 atom stereocenters. The maximum atomic E-state index is 13.4. The smallest absolute Gasteiger partial charge is 0.284 e. The van der Waals surface area contributed by atoms with Gasteiger partial charge in [0.1, 0.15) is 0 Å². The molecule has 3 heterocycles. The third-order valence-electron chi connectivity index (χ3n) is 7.94. The zero-order valence-corrected chi connectivity index (χ0v) is 24.7. The molecular weight excluding hydrogens is 534 g/mol. The maximum absolute atomic E-state index is 13.4. The van der Waals surface area contributed by atoms with Gasteiger partial charge in [-0.05, 0) is 61.9 Å². The summed E-state index contributed by atoms with van der Waals surface area (Å²) in [4.78, 5) is 31.7. The lowest BCUT2D eigenvalue weighted by Gasteiger charge is -2.34. The second-order valence-electron chi connectivity index (χ2n) is 10.9. The van der Waals surface area contributed by atoms with Crippen LogP contribution in [0.15, 0.2) is 60.1 Å². The lowest BCUT2D eigenvalue weighted by atomic mass is 9.91. The zero-order valence-electron chi connectivity index (χ0n) is 23.8. The van der Waals surface area contributed by atoms with E-state index in [9.17, 15) is 9.59 Å². The van der Waals surface area contributed by atoms with Crippen LogP contribution in [-0.2, 0) is 22.5 Å². The van der Waals surface area contributed by atoms with Crippen molar-refractivity contribution >= 4 is 39.7 Å². The molecule has 1 aliphatic heterocycles. The van der Waals surface area contributed by atoms with E-state index in [1.807, 2.05) is 29.2 Å². The Labute approximate surface area is 245 Å². The maximum Gasteiger partial charge on any atom is 0.284 e. The number of likely N-dealkylation sites (tertiary alicyclic amines) is 1. The highest BCUT2D eigenvalue weighted by atomic mass is 32.1. The molecule has 0 aliphatic carbocycles. The average molecular weight is 574 g/mol. The summed E-state index contributed by atoms with van der Waals surface area (Å²) in [6.45, 7) is 5.35. The van der Waals surface area contributed by atoms with Crippen LogP contribution in [0.4, 0.5) is 5.69 Å². The highest BCUT2D eigenvalue weighted by Gasteiger charge is 2.29. The van der Waals surface area contributed by atoms with E-state index in [1.165, 1.54) is 33.5 Å². The van der Waals surface area contributed by atoms with Crippen molar-refractivity contribution in [3.05, 3.63) is 81.9 Å². The minimum atomic E-state index is -0.277. The Hall–Kier alpha value is -3.53. The van der Waals surface area contributed by atoms with E-state index in [4.69, 9.17) is 10.5 Å². The van der Waals surface area contributed by atoms with E-state index in [0.29, 0.717) is 29.5 Å². The molecule has 216 valence electrons. The van der Waals surface area contributed by atoms with Crippen LogP contribution in [0.2, 0.25) is 0 Å². The number of methoxy groups -OCH3 is 1. The van der Waals surface area contributed by atoms with Gasteiger partial charge in [-0.2, -0.15) is 0 Å². The van der Waals surface area contributed by atoms with Crippen molar-refractivity contribution in [1.29, 1.82) is 0 Å². The summed E-state index contributed by atoms with van der Waals surface area (Å²) in [5.74, 6) is 0.195. The normalized spacial score (nSPS) is 16.2. The number of para-hydroxylation sites is 1.